The third kappa shape index (κ3) is 2.62. The number of rotatable bonds is 3. The van der Waals surface area contributed by atoms with Gasteiger partial charge in [-0.25, -0.2) is 0 Å². The SMILES string of the molecule is CC(NC1CCCC1)c1ccc(C#N)cc1. The van der Waals surface area contributed by atoms with E-state index in [1.54, 1.807) is 0 Å². The zero-order valence-corrected chi connectivity index (χ0v) is 9.74. The van der Waals surface area contributed by atoms with Gasteiger partial charge in [0.1, 0.15) is 0 Å². The molecule has 2 heteroatoms. The Morgan fingerprint density at radius 2 is 1.88 bits per heavy atom. The molecule has 16 heavy (non-hydrogen) atoms. The van der Waals surface area contributed by atoms with Crippen LogP contribution in [0.3, 0.4) is 0 Å². The molecule has 2 rings (SSSR count). The Labute approximate surface area is 97.3 Å². The minimum atomic E-state index is 0.385. The van der Waals surface area contributed by atoms with Gasteiger partial charge in [0.2, 0.25) is 0 Å². The Morgan fingerprint density at radius 3 is 2.44 bits per heavy atom. The van der Waals surface area contributed by atoms with Gasteiger partial charge in [-0.05, 0) is 37.5 Å². The van der Waals surface area contributed by atoms with Crippen molar-refractivity contribution in [3.8, 4) is 6.07 Å². The molecule has 84 valence electrons. The van der Waals surface area contributed by atoms with Crippen LogP contribution in [-0.2, 0) is 0 Å². The van der Waals surface area contributed by atoms with Gasteiger partial charge in [-0.1, -0.05) is 25.0 Å². The van der Waals surface area contributed by atoms with Gasteiger partial charge >= 0.3 is 0 Å². The number of hydrogen-bond acceptors (Lipinski definition) is 2. The van der Waals surface area contributed by atoms with E-state index in [2.05, 4.69) is 18.3 Å². The highest BCUT2D eigenvalue weighted by Crippen LogP contribution is 2.22. The minimum absolute atomic E-state index is 0.385. The lowest BCUT2D eigenvalue weighted by Gasteiger charge is -2.19. The van der Waals surface area contributed by atoms with Crippen molar-refractivity contribution in [2.24, 2.45) is 0 Å². The monoisotopic (exact) mass is 214 g/mol. The summed E-state index contributed by atoms with van der Waals surface area (Å²) in [5, 5.41) is 12.4. The van der Waals surface area contributed by atoms with Gasteiger partial charge in [0, 0.05) is 12.1 Å². The van der Waals surface area contributed by atoms with Gasteiger partial charge in [-0.3, -0.25) is 0 Å². The lowest BCUT2D eigenvalue weighted by molar-refractivity contribution is 0.461. The van der Waals surface area contributed by atoms with Crippen molar-refractivity contribution in [1.29, 1.82) is 5.26 Å². The second-order valence-electron chi connectivity index (χ2n) is 4.60. The average Bonchev–Trinajstić information content (AvgIpc) is 2.82. The zero-order valence-electron chi connectivity index (χ0n) is 9.74. The Bertz CT molecular complexity index is 369. The highest BCUT2D eigenvalue weighted by molar-refractivity contribution is 5.32. The summed E-state index contributed by atoms with van der Waals surface area (Å²) >= 11 is 0. The van der Waals surface area contributed by atoms with E-state index in [1.165, 1.54) is 31.2 Å². The molecule has 1 saturated carbocycles. The topological polar surface area (TPSA) is 35.8 Å². The first-order valence-electron chi connectivity index (χ1n) is 6.05. The van der Waals surface area contributed by atoms with Crippen molar-refractivity contribution in [2.75, 3.05) is 0 Å². The van der Waals surface area contributed by atoms with Crippen molar-refractivity contribution in [2.45, 2.75) is 44.7 Å². The summed E-state index contributed by atoms with van der Waals surface area (Å²) in [6.45, 7) is 2.19. The van der Waals surface area contributed by atoms with Crippen LogP contribution in [0.4, 0.5) is 0 Å². The van der Waals surface area contributed by atoms with Gasteiger partial charge < -0.3 is 5.32 Å². The fraction of sp³-hybridized carbons (Fsp3) is 0.500. The van der Waals surface area contributed by atoms with Crippen LogP contribution in [0.1, 0.15) is 49.8 Å². The molecule has 0 bridgehead atoms. The highest BCUT2D eigenvalue weighted by Gasteiger charge is 2.17. The molecule has 1 aromatic carbocycles. The van der Waals surface area contributed by atoms with Gasteiger partial charge in [0.05, 0.1) is 11.6 Å². The van der Waals surface area contributed by atoms with Crippen LogP contribution in [0, 0.1) is 11.3 Å². The van der Waals surface area contributed by atoms with Crippen LogP contribution < -0.4 is 5.32 Å². The Balaban J connectivity index is 1.97. The lowest BCUT2D eigenvalue weighted by Crippen LogP contribution is -2.28. The first-order chi connectivity index (χ1) is 7.79. The highest BCUT2D eigenvalue weighted by atomic mass is 14.9. The summed E-state index contributed by atoms with van der Waals surface area (Å²) < 4.78 is 0. The molecule has 1 fully saturated rings. The summed E-state index contributed by atoms with van der Waals surface area (Å²) in [6.07, 6.45) is 5.33. The van der Waals surface area contributed by atoms with E-state index in [1.807, 2.05) is 24.3 Å². The summed E-state index contributed by atoms with van der Waals surface area (Å²) in [5.74, 6) is 0. The number of nitrogens with one attached hydrogen (secondary N) is 1. The Kier molecular flexibility index (Phi) is 3.58. The predicted molar refractivity (Wildman–Crippen MR) is 65.0 cm³/mol. The molecule has 0 amide bonds. The fourth-order valence-electron chi connectivity index (χ4n) is 2.39. The van der Waals surface area contributed by atoms with E-state index < -0.39 is 0 Å². The number of nitriles is 1. The van der Waals surface area contributed by atoms with Crippen LogP contribution in [0.2, 0.25) is 0 Å². The van der Waals surface area contributed by atoms with Crippen LogP contribution in [-0.4, -0.2) is 6.04 Å². The quantitative estimate of drug-likeness (QED) is 0.839. The fourth-order valence-corrected chi connectivity index (χ4v) is 2.39. The van der Waals surface area contributed by atoms with Crippen LogP contribution in [0.15, 0.2) is 24.3 Å². The molecular formula is C14H18N2. The molecule has 1 unspecified atom stereocenters. The molecule has 0 aliphatic heterocycles. The number of hydrogen-bond donors (Lipinski definition) is 1. The van der Waals surface area contributed by atoms with Crippen LogP contribution >= 0.6 is 0 Å². The van der Waals surface area contributed by atoms with Crippen molar-refractivity contribution >= 4 is 0 Å². The van der Waals surface area contributed by atoms with Gasteiger partial charge in [-0.15, -0.1) is 0 Å². The van der Waals surface area contributed by atoms with Crippen molar-refractivity contribution in [1.82, 2.24) is 5.32 Å². The average molecular weight is 214 g/mol. The van der Waals surface area contributed by atoms with Gasteiger partial charge in [0.15, 0.2) is 0 Å². The van der Waals surface area contributed by atoms with E-state index in [9.17, 15) is 0 Å². The normalized spacial score (nSPS) is 18.2. The molecule has 0 heterocycles. The first kappa shape index (κ1) is 11.2. The Hall–Kier alpha value is -1.33. The molecule has 2 nitrogen and oxygen atoms in total. The third-order valence-electron chi connectivity index (χ3n) is 3.38. The molecule has 0 aromatic heterocycles. The van der Waals surface area contributed by atoms with Gasteiger partial charge in [-0.2, -0.15) is 5.26 Å². The molecule has 0 saturated heterocycles. The smallest absolute Gasteiger partial charge is 0.0991 e. The minimum Gasteiger partial charge on any atom is -0.307 e. The molecule has 1 N–H and O–H groups in total. The second-order valence-corrected chi connectivity index (χ2v) is 4.60. The lowest BCUT2D eigenvalue weighted by atomic mass is 10.1. The molecule has 1 aliphatic carbocycles. The van der Waals surface area contributed by atoms with Crippen LogP contribution in [0.25, 0.3) is 0 Å². The summed E-state index contributed by atoms with van der Waals surface area (Å²) in [6, 6.07) is 11.1. The van der Waals surface area contributed by atoms with Crippen molar-refractivity contribution < 1.29 is 0 Å². The van der Waals surface area contributed by atoms with Crippen molar-refractivity contribution in [3.63, 3.8) is 0 Å². The maximum Gasteiger partial charge on any atom is 0.0991 e. The molecule has 1 aliphatic rings. The van der Waals surface area contributed by atoms with E-state index in [4.69, 9.17) is 5.26 Å². The number of benzene rings is 1. The standard InChI is InChI=1S/C14H18N2/c1-11(16-14-4-2-3-5-14)13-8-6-12(10-15)7-9-13/h6-9,11,14,16H,2-5H2,1H3. The predicted octanol–water partition coefficient (Wildman–Crippen LogP) is 3.15. The van der Waals surface area contributed by atoms with E-state index in [0.29, 0.717) is 12.1 Å². The zero-order chi connectivity index (χ0) is 11.4. The molecule has 1 atom stereocenters. The first-order valence-corrected chi connectivity index (χ1v) is 6.05. The maximum atomic E-state index is 8.73. The second kappa shape index (κ2) is 5.14. The molecule has 0 spiro atoms. The van der Waals surface area contributed by atoms with Crippen LogP contribution in [0.5, 0.6) is 0 Å². The molecular weight excluding hydrogens is 196 g/mol. The summed E-state index contributed by atoms with van der Waals surface area (Å²) in [4.78, 5) is 0. The van der Waals surface area contributed by atoms with Crippen molar-refractivity contribution in [3.05, 3.63) is 35.4 Å². The van der Waals surface area contributed by atoms with E-state index >= 15 is 0 Å². The van der Waals surface area contributed by atoms with Gasteiger partial charge in [0.25, 0.3) is 0 Å². The van der Waals surface area contributed by atoms with E-state index in [0.717, 1.165) is 5.56 Å². The maximum absolute atomic E-state index is 8.73. The summed E-state index contributed by atoms with van der Waals surface area (Å²) in [5.41, 5.74) is 2.00. The third-order valence-corrected chi connectivity index (χ3v) is 3.38. The molecule has 0 radical (unpaired) electrons. The molecule has 1 aromatic rings. The number of nitrogens with zero attached hydrogens (tertiary/aromatic N) is 1. The summed E-state index contributed by atoms with van der Waals surface area (Å²) in [7, 11) is 0. The Morgan fingerprint density at radius 1 is 1.25 bits per heavy atom. The largest absolute Gasteiger partial charge is 0.307 e. The van der Waals surface area contributed by atoms with E-state index in [-0.39, 0.29) is 0 Å².